The van der Waals surface area contributed by atoms with Crippen LogP contribution in [0.25, 0.3) is 0 Å². The maximum Gasteiger partial charge on any atom is 0.427 e. The van der Waals surface area contributed by atoms with Gasteiger partial charge in [0.1, 0.15) is 4.88 Å². The highest BCUT2D eigenvalue weighted by molar-refractivity contribution is 7.15. The number of thiazole rings is 1. The summed E-state index contributed by atoms with van der Waals surface area (Å²) in [6.07, 6.45) is -3.55. The summed E-state index contributed by atoms with van der Waals surface area (Å²) < 4.78 is 37.2. The molecule has 1 aromatic heterocycles. The van der Waals surface area contributed by atoms with Crippen molar-refractivity contribution in [1.82, 2.24) is 4.98 Å². The predicted octanol–water partition coefficient (Wildman–Crippen LogP) is 3.27. The Labute approximate surface area is 111 Å². The third-order valence-corrected chi connectivity index (χ3v) is 3.50. The second-order valence-electron chi connectivity index (χ2n) is 3.81. The number of alkyl halides is 3. The van der Waals surface area contributed by atoms with Gasteiger partial charge in [-0.25, -0.2) is 4.98 Å². The Balaban J connectivity index is 2.05. The quantitative estimate of drug-likeness (QED) is 0.907. The molecule has 0 aliphatic heterocycles. The Morgan fingerprint density at radius 1 is 1.21 bits per heavy atom. The van der Waals surface area contributed by atoms with Crippen molar-refractivity contribution in [2.75, 3.05) is 5.32 Å². The monoisotopic (exact) mass is 288 g/mol. The summed E-state index contributed by atoms with van der Waals surface area (Å²) in [7, 11) is 0. The lowest BCUT2D eigenvalue weighted by Gasteiger charge is -2.07. The Hall–Kier alpha value is -1.60. The van der Waals surface area contributed by atoms with Gasteiger partial charge in [-0.1, -0.05) is 35.6 Å². The topological polar surface area (TPSA) is 45.1 Å². The molecular weight excluding hydrogens is 277 g/mol. The third-order valence-electron chi connectivity index (χ3n) is 2.50. The van der Waals surface area contributed by atoms with Gasteiger partial charge in [0.05, 0.1) is 12.8 Å². The van der Waals surface area contributed by atoms with Gasteiger partial charge in [0.2, 0.25) is 0 Å². The van der Waals surface area contributed by atoms with Crippen molar-refractivity contribution >= 4 is 16.5 Å². The molecule has 7 heteroatoms. The molecule has 102 valence electrons. The molecule has 0 amide bonds. The summed E-state index contributed by atoms with van der Waals surface area (Å²) in [5.74, 6) is 0. The Morgan fingerprint density at radius 3 is 2.47 bits per heavy atom. The fourth-order valence-electron chi connectivity index (χ4n) is 1.54. The molecule has 0 atom stereocenters. The van der Waals surface area contributed by atoms with Gasteiger partial charge in [-0.15, -0.1) is 0 Å². The zero-order chi connectivity index (χ0) is 13.9. The lowest BCUT2D eigenvalue weighted by molar-refractivity contribution is -0.134. The number of hydrogen-bond donors (Lipinski definition) is 2. The number of nitrogens with one attached hydrogen (secondary N) is 1. The molecule has 0 unspecified atom stereocenters. The predicted molar refractivity (Wildman–Crippen MR) is 66.8 cm³/mol. The SMILES string of the molecule is OCc1ccccc1CNc1ncc(C(F)(F)F)s1. The number of anilines is 1. The number of aliphatic hydroxyl groups is 1. The summed E-state index contributed by atoms with van der Waals surface area (Å²) in [4.78, 5) is 2.95. The smallest absolute Gasteiger partial charge is 0.392 e. The van der Waals surface area contributed by atoms with E-state index in [1.54, 1.807) is 24.3 Å². The maximum atomic E-state index is 12.4. The Morgan fingerprint density at radius 2 is 1.89 bits per heavy atom. The van der Waals surface area contributed by atoms with E-state index >= 15 is 0 Å². The first-order valence-electron chi connectivity index (χ1n) is 5.45. The first-order chi connectivity index (χ1) is 9.00. The van der Waals surface area contributed by atoms with E-state index in [2.05, 4.69) is 10.3 Å². The second-order valence-corrected chi connectivity index (χ2v) is 4.84. The van der Waals surface area contributed by atoms with Gasteiger partial charge in [0.15, 0.2) is 5.13 Å². The molecule has 0 radical (unpaired) electrons. The van der Waals surface area contributed by atoms with Crippen molar-refractivity contribution < 1.29 is 18.3 Å². The van der Waals surface area contributed by atoms with Crippen LogP contribution in [0.2, 0.25) is 0 Å². The lowest BCUT2D eigenvalue weighted by Crippen LogP contribution is -2.02. The molecule has 0 spiro atoms. The lowest BCUT2D eigenvalue weighted by atomic mass is 10.1. The molecule has 19 heavy (non-hydrogen) atoms. The Bertz CT molecular complexity index is 554. The van der Waals surface area contributed by atoms with Crippen molar-refractivity contribution in [1.29, 1.82) is 0 Å². The summed E-state index contributed by atoms with van der Waals surface area (Å²) in [5, 5.41) is 12.2. The molecule has 2 rings (SSSR count). The van der Waals surface area contributed by atoms with E-state index in [0.717, 1.165) is 17.3 Å². The maximum absolute atomic E-state index is 12.4. The van der Waals surface area contributed by atoms with Gasteiger partial charge in [0.25, 0.3) is 0 Å². The van der Waals surface area contributed by atoms with Crippen molar-refractivity contribution in [3.8, 4) is 0 Å². The van der Waals surface area contributed by atoms with Crippen molar-refractivity contribution in [2.24, 2.45) is 0 Å². The average molecular weight is 288 g/mol. The van der Waals surface area contributed by atoms with Crippen LogP contribution in [-0.2, 0) is 19.3 Å². The minimum atomic E-state index is -4.36. The van der Waals surface area contributed by atoms with Gasteiger partial charge < -0.3 is 10.4 Å². The number of hydrogen-bond acceptors (Lipinski definition) is 4. The molecule has 1 aromatic carbocycles. The van der Waals surface area contributed by atoms with Crippen LogP contribution in [0.5, 0.6) is 0 Å². The van der Waals surface area contributed by atoms with E-state index in [-0.39, 0.29) is 11.7 Å². The van der Waals surface area contributed by atoms with Gasteiger partial charge in [0, 0.05) is 6.54 Å². The highest BCUT2D eigenvalue weighted by Gasteiger charge is 2.33. The van der Waals surface area contributed by atoms with Crippen LogP contribution in [0.3, 0.4) is 0 Å². The van der Waals surface area contributed by atoms with E-state index < -0.39 is 11.1 Å². The highest BCUT2D eigenvalue weighted by Crippen LogP contribution is 2.35. The van der Waals surface area contributed by atoms with Gasteiger partial charge in [-0.3, -0.25) is 0 Å². The van der Waals surface area contributed by atoms with Crippen LogP contribution < -0.4 is 5.32 Å². The van der Waals surface area contributed by atoms with E-state index in [1.165, 1.54) is 0 Å². The summed E-state index contributed by atoms with van der Waals surface area (Å²) in [6.45, 7) is 0.213. The highest BCUT2D eigenvalue weighted by atomic mass is 32.1. The number of rotatable bonds is 4. The number of aliphatic hydroxyl groups excluding tert-OH is 1. The molecule has 0 aliphatic carbocycles. The van der Waals surface area contributed by atoms with Gasteiger partial charge in [-0.2, -0.15) is 13.2 Å². The molecule has 1 heterocycles. The van der Waals surface area contributed by atoms with E-state index in [4.69, 9.17) is 5.11 Å². The fraction of sp³-hybridized carbons (Fsp3) is 0.250. The van der Waals surface area contributed by atoms with Crippen molar-refractivity contribution in [3.05, 3.63) is 46.5 Å². The molecule has 0 aliphatic rings. The summed E-state index contributed by atoms with van der Waals surface area (Å²) >= 11 is 0.563. The zero-order valence-electron chi connectivity index (χ0n) is 9.74. The number of nitrogens with zero attached hydrogens (tertiary/aromatic N) is 1. The van der Waals surface area contributed by atoms with Crippen LogP contribution in [0.4, 0.5) is 18.3 Å². The van der Waals surface area contributed by atoms with Gasteiger partial charge >= 0.3 is 6.18 Å². The minimum Gasteiger partial charge on any atom is -0.392 e. The molecule has 3 nitrogen and oxygen atoms in total. The Kier molecular flexibility index (Phi) is 4.06. The van der Waals surface area contributed by atoms with E-state index in [9.17, 15) is 13.2 Å². The normalized spacial score (nSPS) is 11.6. The van der Waals surface area contributed by atoms with Crippen molar-refractivity contribution in [3.63, 3.8) is 0 Å². The van der Waals surface area contributed by atoms with Crippen LogP contribution in [0.15, 0.2) is 30.5 Å². The number of aromatic nitrogens is 1. The summed E-state index contributed by atoms with van der Waals surface area (Å²) in [6, 6.07) is 7.16. The van der Waals surface area contributed by atoms with E-state index in [1.807, 2.05) is 0 Å². The minimum absolute atomic E-state index is 0.108. The fourth-order valence-corrected chi connectivity index (χ4v) is 2.22. The van der Waals surface area contributed by atoms with Crippen molar-refractivity contribution in [2.45, 2.75) is 19.3 Å². The summed E-state index contributed by atoms with van der Waals surface area (Å²) in [5.41, 5.74) is 1.57. The largest absolute Gasteiger partial charge is 0.427 e. The average Bonchev–Trinajstić information content (AvgIpc) is 2.85. The molecule has 0 fully saturated rings. The molecule has 0 saturated carbocycles. The number of halogens is 3. The van der Waals surface area contributed by atoms with Crippen LogP contribution in [0.1, 0.15) is 16.0 Å². The second kappa shape index (κ2) is 5.58. The first kappa shape index (κ1) is 13.8. The standard InChI is InChI=1S/C12H11F3N2OS/c13-12(14,15)10-6-17-11(19-10)16-5-8-3-1-2-4-9(8)7-18/h1-4,6,18H,5,7H2,(H,16,17). The van der Waals surface area contributed by atoms with Crippen LogP contribution in [-0.4, -0.2) is 10.1 Å². The van der Waals surface area contributed by atoms with E-state index in [0.29, 0.717) is 17.9 Å². The number of benzene rings is 1. The first-order valence-corrected chi connectivity index (χ1v) is 6.27. The van der Waals surface area contributed by atoms with Crippen LogP contribution >= 0.6 is 11.3 Å². The third kappa shape index (κ3) is 3.45. The molecular formula is C12H11F3N2OS. The van der Waals surface area contributed by atoms with Gasteiger partial charge in [-0.05, 0) is 11.1 Å². The molecule has 0 bridgehead atoms. The van der Waals surface area contributed by atoms with Crippen LogP contribution in [0, 0.1) is 0 Å². The molecule has 2 N–H and O–H groups in total. The zero-order valence-corrected chi connectivity index (χ0v) is 10.6. The molecule has 0 saturated heterocycles. The molecule has 2 aromatic rings.